The molecule has 2 N–H and O–H groups in total. The number of imide groups is 1. The molecule has 0 bridgehead atoms. The number of amides is 2. The second-order valence-corrected chi connectivity index (χ2v) is 13.6. The third kappa shape index (κ3) is 6.24. The molecule has 2 saturated heterocycles. The monoisotopic (exact) mass is 676 g/mol. The van der Waals surface area contributed by atoms with E-state index >= 15 is 0 Å². The molecule has 2 fully saturated rings. The molecule has 8 rings (SSSR count). The van der Waals surface area contributed by atoms with Crippen molar-refractivity contribution in [2.45, 2.75) is 25.4 Å². The zero-order chi connectivity index (χ0) is 34.9. The van der Waals surface area contributed by atoms with E-state index < -0.39 is 11.8 Å². The quantitative estimate of drug-likeness (QED) is 0.0874. The van der Waals surface area contributed by atoms with Crippen LogP contribution in [0.5, 0.6) is 5.75 Å². The van der Waals surface area contributed by atoms with Crippen molar-refractivity contribution in [1.82, 2.24) is 0 Å². The van der Waals surface area contributed by atoms with Gasteiger partial charge in [0, 0.05) is 29.8 Å². The van der Waals surface area contributed by atoms with Gasteiger partial charge in [-0.05, 0) is 95.0 Å². The number of anilines is 3. The molecule has 7 nitrogen and oxygen atoms in total. The summed E-state index contributed by atoms with van der Waals surface area (Å²) in [6.07, 6.45) is 3.96. The largest absolute Gasteiger partial charge is 0.507 e. The lowest BCUT2D eigenvalue weighted by molar-refractivity contribution is -0.122. The van der Waals surface area contributed by atoms with Crippen molar-refractivity contribution in [2.75, 3.05) is 30.5 Å². The first-order chi connectivity index (χ1) is 25.0. The number of phenols is 1. The first kappa shape index (κ1) is 32.7. The fourth-order valence-corrected chi connectivity index (χ4v) is 8.27. The number of benzene rings is 5. The SMILES string of the molecule is COCC1=C2[C@@H](CC/C(=C/c3ccc(O)c4ccccc34)c3ccccc3)OC[C@@H]2[C@@H]2C(=O)N(c3ccc(Nc4ccccc4)cc3)C(=O)[C@@H]2C1. The van der Waals surface area contributed by atoms with E-state index in [9.17, 15) is 14.7 Å². The molecule has 7 heteroatoms. The van der Waals surface area contributed by atoms with Crippen LogP contribution in [0.4, 0.5) is 17.1 Å². The van der Waals surface area contributed by atoms with Crippen molar-refractivity contribution < 1.29 is 24.2 Å². The fourth-order valence-electron chi connectivity index (χ4n) is 8.27. The lowest BCUT2D eigenvalue weighted by Gasteiger charge is -2.31. The molecule has 0 saturated carbocycles. The van der Waals surface area contributed by atoms with E-state index in [1.165, 1.54) is 4.90 Å². The van der Waals surface area contributed by atoms with Gasteiger partial charge in [0.05, 0.1) is 36.8 Å². The molecule has 2 amide bonds. The van der Waals surface area contributed by atoms with Gasteiger partial charge in [-0.25, -0.2) is 0 Å². The summed E-state index contributed by atoms with van der Waals surface area (Å²) < 4.78 is 12.2. The number of carbonyl (C=O) groups excluding carboxylic acids is 2. The summed E-state index contributed by atoms with van der Waals surface area (Å²) in [7, 11) is 1.68. The number of rotatable bonds is 10. The number of nitrogens with zero attached hydrogens (tertiary/aromatic N) is 1. The normalized spacial score (nSPS) is 21.7. The van der Waals surface area contributed by atoms with Crippen molar-refractivity contribution in [2.24, 2.45) is 17.8 Å². The summed E-state index contributed by atoms with van der Waals surface area (Å²) in [6, 6.07) is 39.3. The highest BCUT2D eigenvalue weighted by atomic mass is 16.5. The molecule has 2 aliphatic heterocycles. The number of allylic oxidation sites excluding steroid dienone is 1. The molecule has 0 radical (unpaired) electrons. The van der Waals surface area contributed by atoms with Crippen LogP contribution in [-0.2, 0) is 19.1 Å². The Kier molecular flexibility index (Phi) is 8.99. The minimum absolute atomic E-state index is 0.152. The number of methoxy groups -OCH3 is 1. The van der Waals surface area contributed by atoms with Gasteiger partial charge in [0.25, 0.3) is 0 Å². The Morgan fingerprint density at radius 1 is 0.824 bits per heavy atom. The van der Waals surface area contributed by atoms with E-state index in [1.807, 2.05) is 103 Å². The Morgan fingerprint density at radius 2 is 1.51 bits per heavy atom. The standard InChI is InChI=1S/C44H40N2O5/c1-50-26-31-25-37-42(44(49)46(43(37)48)34-20-18-33(19-21-34)45-32-12-6-3-7-13-32)38-27-51-40(41(31)38)23-17-29(28-10-4-2-5-11-28)24-30-16-22-39(47)36-15-9-8-14-35(30)36/h2-16,18-22,24,37-38,40,42,45,47H,17,23,25-27H2,1H3/b29-24-/t37-,38+,40-,42-/m1/s1. The van der Waals surface area contributed by atoms with Gasteiger partial charge in [0.2, 0.25) is 11.8 Å². The van der Waals surface area contributed by atoms with Crippen molar-refractivity contribution in [1.29, 1.82) is 0 Å². The number of hydrogen-bond acceptors (Lipinski definition) is 6. The van der Waals surface area contributed by atoms with Gasteiger partial charge in [-0.3, -0.25) is 14.5 Å². The molecule has 3 aliphatic rings. The molecule has 5 aromatic rings. The number of aromatic hydroxyl groups is 1. The number of carbonyl (C=O) groups is 2. The third-order valence-electron chi connectivity index (χ3n) is 10.6. The van der Waals surface area contributed by atoms with Crippen molar-refractivity contribution in [3.63, 3.8) is 0 Å². The predicted octanol–water partition coefficient (Wildman–Crippen LogP) is 8.78. The smallest absolute Gasteiger partial charge is 0.238 e. The second kappa shape index (κ2) is 14.0. The lowest BCUT2D eigenvalue weighted by atomic mass is 9.69. The molecule has 4 atom stereocenters. The van der Waals surface area contributed by atoms with Gasteiger partial charge in [0.1, 0.15) is 5.75 Å². The summed E-state index contributed by atoms with van der Waals surface area (Å²) >= 11 is 0. The molecule has 0 aromatic heterocycles. The van der Waals surface area contributed by atoms with E-state index in [0.717, 1.165) is 62.8 Å². The number of para-hydroxylation sites is 1. The zero-order valence-corrected chi connectivity index (χ0v) is 28.5. The van der Waals surface area contributed by atoms with E-state index in [-0.39, 0.29) is 29.6 Å². The minimum Gasteiger partial charge on any atom is -0.507 e. The first-order valence-corrected chi connectivity index (χ1v) is 17.6. The Bertz CT molecular complexity index is 2140. The van der Waals surface area contributed by atoms with Gasteiger partial charge in [-0.15, -0.1) is 0 Å². The summed E-state index contributed by atoms with van der Waals surface area (Å²) in [5.74, 6) is -1.12. The Labute approximate surface area is 297 Å². The highest BCUT2D eigenvalue weighted by Gasteiger charge is 2.57. The van der Waals surface area contributed by atoms with Crippen LogP contribution in [0, 0.1) is 17.8 Å². The number of hydrogen-bond donors (Lipinski definition) is 2. The van der Waals surface area contributed by atoms with Crippen LogP contribution in [0.15, 0.2) is 132 Å². The van der Waals surface area contributed by atoms with Crippen LogP contribution >= 0.6 is 0 Å². The van der Waals surface area contributed by atoms with Crippen molar-refractivity contribution in [3.8, 4) is 5.75 Å². The van der Waals surface area contributed by atoms with E-state index in [0.29, 0.717) is 25.3 Å². The average molecular weight is 677 g/mol. The molecule has 0 spiro atoms. The van der Waals surface area contributed by atoms with Gasteiger partial charge < -0.3 is 19.9 Å². The van der Waals surface area contributed by atoms with Crippen LogP contribution in [-0.4, -0.2) is 43.3 Å². The topological polar surface area (TPSA) is 88.1 Å². The highest BCUT2D eigenvalue weighted by molar-refractivity contribution is 6.22. The van der Waals surface area contributed by atoms with E-state index in [4.69, 9.17) is 9.47 Å². The first-order valence-electron chi connectivity index (χ1n) is 17.6. The summed E-state index contributed by atoms with van der Waals surface area (Å²) in [6.45, 7) is 0.797. The molecular formula is C44H40N2O5. The average Bonchev–Trinajstić information content (AvgIpc) is 3.70. The van der Waals surface area contributed by atoms with Crippen LogP contribution < -0.4 is 10.2 Å². The second-order valence-electron chi connectivity index (χ2n) is 13.6. The maximum Gasteiger partial charge on any atom is 0.238 e. The molecule has 1 aliphatic carbocycles. The number of ether oxygens (including phenoxy) is 2. The predicted molar refractivity (Wildman–Crippen MR) is 202 cm³/mol. The highest BCUT2D eigenvalue weighted by Crippen LogP contribution is 2.51. The molecule has 2 heterocycles. The van der Waals surface area contributed by atoms with Crippen molar-refractivity contribution >= 4 is 51.3 Å². The Morgan fingerprint density at radius 3 is 2.25 bits per heavy atom. The van der Waals surface area contributed by atoms with Gasteiger partial charge in [-0.1, -0.05) is 84.9 Å². The van der Waals surface area contributed by atoms with E-state index in [1.54, 1.807) is 13.2 Å². The number of fused-ring (bicyclic) bond motifs is 4. The van der Waals surface area contributed by atoms with Gasteiger partial charge in [0.15, 0.2) is 0 Å². The Hall–Kier alpha value is -5.50. The lowest BCUT2D eigenvalue weighted by Crippen LogP contribution is -2.35. The molecule has 256 valence electrons. The van der Waals surface area contributed by atoms with Gasteiger partial charge in [-0.2, -0.15) is 0 Å². The van der Waals surface area contributed by atoms with Crippen LogP contribution in [0.1, 0.15) is 30.4 Å². The molecule has 5 aromatic carbocycles. The maximum absolute atomic E-state index is 14.2. The maximum atomic E-state index is 14.2. The van der Waals surface area contributed by atoms with Crippen LogP contribution in [0.25, 0.3) is 22.4 Å². The summed E-state index contributed by atoms with van der Waals surface area (Å²) in [4.78, 5) is 29.5. The van der Waals surface area contributed by atoms with Crippen molar-refractivity contribution in [3.05, 3.63) is 144 Å². The molecule has 51 heavy (non-hydrogen) atoms. The fraction of sp³-hybridized carbons (Fsp3) is 0.227. The van der Waals surface area contributed by atoms with Crippen LogP contribution in [0.3, 0.4) is 0 Å². The van der Waals surface area contributed by atoms with Crippen LogP contribution in [0.2, 0.25) is 0 Å². The van der Waals surface area contributed by atoms with E-state index in [2.05, 4.69) is 23.5 Å². The zero-order valence-electron chi connectivity index (χ0n) is 28.5. The molecular weight excluding hydrogens is 636 g/mol. The summed E-state index contributed by atoms with van der Waals surface area (Å²) in [5, 5.41) is 15.7. The summed E-state index contributed by atoms with van der Waals surface area (Å²) in [5.41, 5.74) is 7.94. The minimum atomic E-state index is -0.465. The third-order valence-corrected chi connectivity index (χ3v) is 10.6. The number of nitrogens with one attached hydrogen (secondary N) is 1. The molecule has 0 unspecified atom stereocenters. The Balaban J connectivity index is 1.05. The van der Waals surface area contributed by atoms with Gasteiger partial charge >= 0.3 is 0 Å². The number of phenolic OH excluding ortho intramolecular Hbond substituents is 1.